The quantitative estimate of drug-likeness (QED) is 0.629. The Hall–Kier alpha value is -2.65. The number of ether oxygens (including phenoxy) is 1. The molecule has 0 aliphatic rings. The van der Waals surface area contributed by atoms with Crippen LogP contribution in [0.2, 0.25) is 5.02 Å². The molecule has 0 fully saturated rings. The van der Waals surface area contributed by atoms with E-state index in [1.165, 1.54) is 28.6 Å². The fourth-order valence-corrected chi connectivity index (χ4v) is 3.20. The number of carbonyl (C=O) groups excluding carboxylic acids is 1. The number of halogens is 2. The zero-order valence-corrected chi connectivity index (χ0v) is 16.0. The SMILES string of the molecule is COc1ccc(-n2nnnc2S[C@@H](C)C(=O)Nc2ccc(F)cc2Cl)cc1. The first-order valence-electron chi connectivity index (χ1n) is 7.83. The maximum atomic E-state index is 13.1. The Balaban J connectivity index is 1.71. The van der Waals surface area contributed by atoms with Crippen molar-refractivity contribution in [1.82, 2.24) is 20.2 Å². The van der Waals surface area contributed by atoms with Gasteiger partial charge in [0, 0.05) is 0 Å². The van der Waals surface area contributed by atoms with E-state index in [0.717, 1.165) is 11.8 Å². The lowest BCUT2D eigenvalue weighted by molar-refractivity contribution is -0.115. The fourth-order valence-electron chi connectivity index (χ4n) is 2.17. The number of tetrazole rings is 1. The molecule has 1 aromatic heterocycles. The van der Waals surface area contributed by atoms with Gasteiger partial charge >= 0.3 is 0 Å². The Bertz CT molecular complexity index is 951. The van der Waals surface area contributed by atoms with Gasteiger partial charge in [-0.05, 0) is 59.8 Å². The summed E-state index contributed by atoms with van der Waals surface area (Å²) in [6.45, 7) is 1.71. The summed E-state index contributed by atoms with van der Waals surface area (Å²) in [7, 11) is 1.58. The average molecular weight is 408 g/mol. The van der Waals surface area contributed by atoms with Crippen molar-refractivity contribution in [2.75, 3.05) is 12.4 Å². The van der Waals surface area contributed by atoms with Crippen molar-refractivity contribution in [3.63, 3.8) is 0 Å². The molecular weight excluding hydrogens is 393 g/mol. The maximum absolute atomic E-state index is 13.1. The van der Waals surface area contributed by atoms with Gasteiger partial charge in [0.15, 0.2) is 0 Å². The van der Waals surface area contributed by atoms with Gasteiger partial charge in [0.2, 0.25) is 11.1 Å². The van der Waals surface area contributed by atoms with Crippen molar-refractivity contribution in [2.24, 2.45) is 0 Å². The number of thioether (sulfide) groups is 1. The monoisotopic (exact) mass is 407 g/mol. The van der Waals surface area contributed by atoms with Crippen molar-refractivity contribution >= 4 is 35.0 Å². The molecule has 0 unspecified atom stereocenters. The second-order valence-corrected chi connectivity index (χ2v) is 7.16. The molecule has 10 heteroatoms. The Morgan fingerprint density at radius 2 is 2.04 bits per heavy atom. The molecule has 1 heterocycles. The molecule has 0 spiro atoms. The molecule has 0 bridgehead atoms. The molecule has 3 aromatic rings. The van der Waals surface area contributed by atoms with Crippen molar-refractivity contribution in [3.05, 3.63) is 53.3 Å². The van der Waals surface area contributed by atoms with E-state index in [1.54, 1.807) is 26.2 Å². The van der Waals surface area contributed by atoms with Gasteiger partial charge in [0.1, 0.15) is 11.6 Å². The topological polar surface area (TPSA) is 81.9 Å². The van der Waals surface area contributed by atoms with Crippen LogP contribution in [0.4, 0.5) is 10.1 Å². The van der Waals surface area contributed by atoms with Gasteiger partial charge in [0.25, 0.3) is 0 Å². The number of carbonyl (C=O) groups is 1. The summed E-state index contributed by atoms with van der Waals surface area (Å²) in [6, 6.07) is 11.0. The minimum Gasteiger partial charge on any atom is -0.497 e. The van der Waals surface area contributed by atoms with Crippen LogP contribution in [-0.2, 0) is 4.79 Å². The lowest BCUT2D eigenvalue weighted by Gasteiger charge is -2.12. The first-order chi connectivity index (χ1) is 13.0. The number of rotatable bonds is 6. The van der Waals surface area contributed by atoms with E-state index in [9.17, 15) is 9.18 Å². The first kappa shape index (κ1) is 19.1. The molecule has 0 saturated carbocycles. The van der Waals surface area contributed by atoms with E-state index in [-0.39, 0.29) is 10.9 Å². The molecule has 27 heavy (non-hydrogen) atoms. The van der Waals surface area contributed by atoms with Crippen LogP contribution < -0.4 is 10.1 Å². The zero-order chi connectivity index (χ0) is 19.4. The molecule has 1 N–H and O–H groups in total. The van der Waals surface area contributed by atoms with E-state index < -0.39 is 11.1 Å². The van der Waals surface area contributed by atoms with Gasteiger partial charge in [0.05, 0.1) is 28.8 Å². The number of hydrogen-bond donors (Lipinski definition) is 1. The number of nitrogens with one attached hydrogen (secondary N) is 1. The average Bonchev–Trinajstić information content (AvgIpc) is 3.12. The molecule has 140 valence electrons. The van der Waals surface area contributed by atoms with Gasteiger partial charge in [-0.3, -0.25) is 4.79 Å². The van der Waals surface area contributed by atoms with Crippen LogP contribution in [0, 0.1) is 5.82 Å². The standard InChI is InChI=1S/C17H15ClFN5O2S/c1-10(16(25)20-15-8-3-11(19)9-14(15)18)27-17-21-22-23-24(17)12-4-6-13(26-2)7-5-12/h3-10H,1-2H3,(H,20,25)/t10-/m0/s1. The number of aromatic nitrogens is 4. The van der Waals surface area contributed by atoms with Gasteiger partial charge in [-0.2, -0.15) is 4.68 Å². The summed E-state index contributed by atoms with van der Waals surface area (Å²) in [5.41, 5.74) is 1.07. The Morgan fingerprint density at radius 3 is 2.70 bits per heavy atom. The second kappa shape index (κ2) is 8.36. The van der Waals surface area contributed by atoms with Crippen LogP contribution in [0.25, 0.3) is 5.69 Å². The normalized spacial score (nSPS) is 11.9. The summed E-state index contributed by atoms with van der Waals surface area (Å²) < 4.78 is 19.8. The van der Waals surface area contributed by atoms with E-state index in [4.69, 9.17) is 16.3 Å². The third-order valence-electron chi connectivity index (χ3n) is 3.60. The first-order valence-corrected chi connectivity index (χ1v) is 9.09. The highest BCUT2D eigenvalue weighted by molar-refractivity contribution is 8.00. The van der Waals surface area contributed by atoms with Crippen molar-refractivity contribution in [3.8, 4) is 11.4 Å². The van der Waals surface area contributed by atoms with Crippen LogP contribution >= 0.6 is 23.4 Å². The summed E-state index contributed by atoms with van der Waals surface area (Å²) in [5, 5.41) is 14.3. The lowest BCUT2D eigenvalue weighted by atomic mass is 10.3. The summed E-state index contributed by atoms with van der Waals surface area (Å²) in [5.74, 6) is -0.0678. The van der Waals surface area contributed by atoms with Crippen molar-refractivity contribution in [2.45, 2.75) is 17.3 Å². The molecule has 1 amide bonds. The van der Waals surface area contributed by atoms with E-state index in [0.29, 0.717) is 16.6 Å². The van der Waals surface area contributed by atoms with Crippen LogP contribution in [-0.4, -0.2) is 38.5 Å². The van der Waals surface area contributed by atoms with Gasteiger partial charge in [-0.1, -0.05) is 23.4 Å². The molecule has 0 saturated heterocycles. The van der Waals surface area contributed by atoms with Crippen LogP contribution in [0.5, 0.6) is 5.75 Å². The van der Waals surface area contributed by atoms with Crippen molar-refractivity contribution < 1.29 is 13.9 Å². The van der Waals surface area contributed by atoms with E-state index in [1.807, 2.05) is 12.1 Å². The third-order valence-corrected chi connectivity index (χ3v) is 4.94. The second-order valence-electron chi connectivity index (χ2n) is 5.44. The summed E-state index contributed by atoms with van der Waals surface area (Å²) >= 11 is 7.13. The summed E-state index contributed by atoms with van der Waals surface area (Å²) in [4.78, 5) is 12.4. The minimum atomic E-state index is -0.519. The van der Waals surface area contributed by atoms with Crippen LogP contribution in [0.3, 0.4) is 0 Å². The Labute approximate surface area is 163 Å². The summed E-state index contributed by atoms with van der Waals surface area (Å²) in [6.07, 6.45) is 0. The number of hydrogen-bond acceptors (Lipinski definition) is 6. The Morgan fingerprint density at radius 1 is 1.30 bits per heavy atom. The highest BCUT2D eigenvalue weighted by Gasteiger charge is 2.20. The highest BCUT2D eigenvalue weighted by Crippen LogP contribution is 2.27. The van der Waals surface area contributed by atoms with Gasteiger partial charge < -0.3 is 10.1 Å². The predicted octanol–water partition coefficient (Wildman–Crippen LogP) is 3.58. The van der Waals surface area contributed by atoms with Crippen molar-refractivity contribution in [1.29, 1.82) is 0 Å². The molecule has 7 nitrogen and oxygen atoms in total. The van der Waals surface area contributed by atoms with Crippen LogP contribution in [0.1, 0.15) is 6.92 Å². The molecule has 0 aliphatic carbocycles. The van der Waals surface area contributed by atoms with E-state index in [2.05, 4.69) is 20.8 Å². The lowest BCUT2D eigenvalue weighted by Crippen LogP contribution is -2.23. The third kappa shape index (κ3) is 4.55. The predicted molar refractivity (Wildman–Crippen MR) is 101 cm³/mol. The Kier molecular flexibility index (Phi) is 5.92. The molecule has 1 atom stereocenters. The number of amides is 1. The molecular formula is C17H15ClFN5O2S. The zero-order valence-electron chi connectivity index (χ0n) is 14.4. The molecule has 0 aliphatic heterocycles. The minimum absolute atomic E-state index is 0.128. The number of nitrogens with zero attached hydrogens (tertiary/aromatic N) is 4. The van der Waals surface area contributed by atoms with E-state index >= 15 is 0 Å². The highest BCUT2D eigenvalue weighted by atomic mass is 35.5. The smallest absolute Gasteiger partial charge is 0.237 e. The number of methoxy groups -OCH3 is 1. The number of anilines is 1. The van der Waals surface area contributed by atoms with Gasteiger partial charge in [-0.15, -0.1) is 5.10 Å². The maximum Gasteiger partial charge on any atom is 0.237 e. The molecule has 0 radical (unpaired) electrons. The van der Waals surface area contributed by atoms with Crippen LogP contribution in [0.15, 0.2) is 47.6 Å². The largest absolute Gasteiger partial charge is 0.497 e. The fraction of sp³-hybridized carbons (Fsp3) is 0.176. The molecule has 3 rings (SSSR count). The van der Waals surface area contributed by atoms with Gasteiger partial charge in [-0.25, -0.2) is 4.39 Å². The molecule has 2 aromatic carbocycles. The number of benzene rings is 2.